The van der Waals surface area contributed by atoms with Crippen LogP contribution in [0, 0.1) is 5.92 Å². The molecule has 0 spiro atoms. The van der Waals surface area contributed by atoms with Gasteiger partial charge in [-0.3, -0.25) is 0 Å². The molecule has 0 unspecified atom stereocenters. The molecule has 33 heavy (non-hydrogen) atoms. The zero-order valence-electron chi connectivity index (χ0n) is 19.2. The van der Waals surface area contributed by atoms with Crippen molar-refractivity contribution < 1.29 is 26.5 Å². The Labute approximate surface area is 209 Å². The summed E-state index contributed by atoms with van der Waals surface area (Å²) in [7, 11) is -1.86. The average molecular weight is 525 g/mol. The van der Waals surface area contributed by atoms with Crippen molar-refractivity contribution in [3.8, 4) is 0 Å². The van der Waals surface area contributed by atoms with Crippen LogP contribution in [0.4, 0.5) is 0 Å². The smallest absolute Gasteiger partial charge is 0.174 e. The molecule has 3 aromatic rings. The lowest BCUT2D eigenvalue weighted by atomic mass is 9.82. The average Bonchev–Trinajstić information content (AvgIpc) is 3.37. The minimum atomic E-state index is -1.86. The van der Waals surface area contributed by atoms with Gasteiger partial charge < -0.3 is 26.5 Å². The normalized spacial score (nSPS) is 18.5. The number of hydrogen-bond acceptors (Lipinski definition) is 2. The van der Waals surface area contributed by atoms with Crippen molar-refractivity contribution in [3.63, 3.8) is 0 Å². The van der Waals surface area contributed by atoms with Gasteiger partial charge in [0.25, 0.3) is 0 Å². The Bertz CT molecular complexity index is 872. The van der Waals surface area contributed by atoms with Gasteiger partial charge in [-0.05, 0) is 49.2 Å². The van der Waals surface area contributed by atoms with Crippen LogP contribution in [0.15, 0.2) is 91.0 Å². The van der Waals surface area contributed by atoms with Crippen molar-refractivity contribution in [1.29, 1.82) is 0 Å². The van der Waals surface area contributed by atoms with Crippen LogP contribution in [0.1, 0.15) is 38.5 Å². The molecular formula is C29H34BrO2P. The highest BCUT2D eigenvalue weighted by Crippen LogP contribution is 2.57. The molecule has 0 radical (unpaired) electrons. The third-order valence-corrected chi connectivity index (χ3v) is 11.8. The predicted octanol–water partition coefficient (Wildman–Crippen LogP) is 2.70. The van der Waals surface area contributed by atoms with Gasteiger partial charge in [-0.15, -0.1) is 0 Å². The molecule has 0 atom stereocenters. The third-order valence-electron chi connectivity index (χ3n) is 7.39. The molecule has 1 heterocycles. The van der Waals surface area contributed by atoms with Gasteiger partial charge in [0.05, 0.1) is 19.4 Å². The monoisotopic (exact) mass is 524 g/mol. The maximum atomic E-state index is 6.48. The molecule has 1 aliphatic carbocycles. The van der Waals surface area contributed by atoms with E-state index >= 15 is 0 Å². The summed E-state index contributed by atoms with van der Waals surface area (Å²) < 4.78 is 13.0. The van der Waals surface area contributed by atoms with Crippen molar-refractivity contribution in [2.75, 3.05) is 19.4 Å². The lowest BCUT2D eigenvalue weighted by molar-refractivity contribution is -0.203. The number of ether oxygens (including phenoxy) is 2. The second kappa shape index (κ2) is 11.3. The molecule has 0 amide bonds. The highest BCUT2D eigenvalue weighted by Gasteiger charge is 2.51. The lowest BCUT2D eigenvalue weighted by Crippen LogP contribution is -3.00. The molecule has 0 bridgehead atoms. The number of rotatable bonds is 7. The first kappa shape index (κ1) is 24.6. The van der Waals surface area contributed by atoms with Crippen molar-refractivity contribution >= 4 is 23.2 Å². The Hall–Kier alpha value is -1.51. The van der Waals surface area contributed by atoms with E-state index < -0.39 is 13.0 Å². The van der Waals surface area contributed by atoms with Gasteiger partial charge in [0, 0.05) is 12.3 Å². The number of benzene rings is 3. The van der Waals surface area contributed by atoms with Gasteiger partial charge >= 0.3 is 0 Å². The van der Waals surface area contributed by atoms with Gasteiger partial charge in [-0.25, -0.2) is 0 Å². The SMILES string of the molecule is [Br-].c1ccc([P+](CCC2(C3CCCCC3)OCCO2)(c2ccccc2)c2ccccc2)cc1. The van der Waals surface area contributed by atoms with Gasteiger partial charge in [0.2, 0.25) is 0 Å². The maximum absolute atomic E-state index is 6.48. The molecule has 2 fully saturated rings. The zero-order chi connectivity index (χ0) is 21.7. The van der Waals surface area contributed by atoms with Crippen molar-refractivity contribution in [3.05, 3.63) is 91.0 Å². The summed E-state index contributed by atoms with van der Waals surface area (Å²) in [5, 5.41) is 4.32. The molecule has 1 saturated carbocycles. The second-order valence-electron chi connectivity index (χ2n) is 9.13. The molecule has 3 aromatic carbocycles. The summed E-state index contributed by atoms with van der Waals surface area (Å²) in [5.41, 5.74) is 0. The Morgan fingerprint density at radius 1 is 0.636 bits per heavy atom. The summed E-state index contributed by atoms with van der Waals surface area (Å²) in [6, 6.07) is 33.5. The van der Waals surface area contributed by atoms with Crippen LogP contribution < -0.4 is 32.9 Å². The first-order valence-electron chi connectivity index (χ1n) is 12.2. The first-order chi connectivity index (χ1) is 15.8. The standard InChI is InChI=1S/C29H34O2P.BrH/c1-5-13-25(14-6-1)29(30-22-23-31-29)21-24-32(26-15-7-2-8-16-26,27-17-9-3-10-18-27)28-19-11-4-12-20-28;/h2-4,7-12,15-20,25H,1,5-6,13-14,21-24H2;1H/q+1;/p-1. The van der Waals surface area contributed by atoms with Gasteiger partial charge in [-0.1, -0.05) is 73.9 Å². The van der Waals surface area contributed by atoms with E-state index in [2.05, 4.69) is 91.0 Å². The largest absolute Gasteiger partial charge is 1.00 e. The minimum absolute atomic E-state index is 0. The fraction of sp³-hybridized carbons (Fsp3) is 0.379. The van der Waals surface area contributed by atoms with Crippen LogP contribution in [0.5, 0.6) is 0 Å². The first-order valence-corrected chi connectivity index (χ1v) is 14.1. The summed E-state index contributed by atoms with van der Waals surface area (Å²) >= 11 is 0. The van der Waals surface area contributed by atoms with Crippen LogP contribution in [0.25, 0.3) is 0 Å². The van der Waals surface area contributed by atoms with Gasteiger partial charge in [0.15, 0.2) is 5.79 Å². The Balaban J connectivity index is 0.00000259. The summed E-state index contributed by atoms with van der Waals surface area (Å²) in [6.07, 6.45) is 8.42. The number of hydrogen-bond donors (Lipinski definition) is 0. The fourth-order valence-electron chi connectivity index (χ4n) is 5.80. The topological polar surface area (TPSA) is 18.5 Å². The van der Waals surface area contributed by atoms with Crippen LogP contribution in [-0.4, -0.2) is 25.2 Å². The highest BCUT2D eigenvalue weighted by atomic mass is 79.9. The molecule has 1 saturated heterocycles. The van der Waals surface area contributed by atoms with Crippen molar-refractivity contribution in [2.24, 2.45) is 5.92 Å². The van der Waals surface area contributed by atoms with Crippen molar-refractivity contribution in [1.82, 2.24) is 0 Å². The number of halogens is 1. The third kappa shape index (κ3) is 4.98. The van der Waals surface area contributed by atoms with Gasteiger partial charge in [-0.2, -0.15) is 0 Å². The van der Waals surface area contributed by atoms with E-state index in [4.69, 9.17) is 9.47 Å². The quantitative estimate of drug-likeness (QED) is 0.442. The minimum Gasteiger partial charge on any atom is -1.00 e. The van der Waals surface area contributed by atoms with E-state index in [9.17, 15) is 0 Å². The van der Waals surface area contributed by atoms with E-state index in [0.29, 0.717) is 5.92 Å². The molecule has 4 heteroatoms. The van der Waals surface area contributed by atoms with Crippen molar-refractivity contribution in [2.45, 2.75) is 44.3 Å². The Kier molecular flexibility index (Phi) is 8.41. The van der Waals surface area contributed by atoms with E-state index in [1.807, 2.05) is 0 Å². The van der Waals surface area contributed by atoms with Crippen LogP contribution >= 0.6 is 7.26 Å². The second-order valence-corrected chi connectivity index (χ2v) is 12.7. The van der Waals surface area contributed by atoms with E-state index in [1.54, 1.807) is 0 Å². The van der Waals surface area contributed by atoms with Crippen LogP contribution in [-0.2, 0) is 9.47 Å². The van der Waals surface area contributed by atoms with Gasteiger partial charge in [0.1, 0.15) is 23.2 Å². The maximum Gasteiger partial charge on any atom is 0.174 e. The molecule has 2 nitrogen and oxygen atoms in total. The molecule has 174 valence electrons. The molecule has 5 rings (SSSR count). The molecular weight excluding hydrogens is 491 g/mol. The fourth-order valence-corrected chi connectivity index (χ4v) is 10.2. The predicted molar refractivity (Wildman–Crippen MR) is 136 cm³/mol. The molecule has 0 N–H and O–H groups in total. The molecule has 1 aliphatic heterocycles. The molecule has 0 aromatic heterocycles. The van der Waals surface area contributed by atoms with E-state index in [1.165, 1.54) is 48.0 Å². The summed E-state index contributed by atoms with van der Waals surface area (Å²) in [4.78, 5) is 0. The van der Waals surface area contributed by atoms with E-state index in [-0.39, 0.29) is 17.0 Å². The lowest BCUT2D eigenvalue weighted by Gasteiger charge is -2.39. The highest BCUT2D eigenvalue weighted by molar-refractivity contribution is 7.95. The summed E-state index contributed by atoms with van der Waals surface area (Å²) in [6.45, 7) is 1.45. The van der Waals surface area contributed by atoms with Crippen LogP contribution in [0.2, 0.25) is 0 Å². The van der Waals surface area contributed by atoms with Crippen LogP contribution in [0.3, 0.4) is 0 Å². The van der Waals surface area contributed by atoms with E-state index in [0.717, 1.165) is 25.8 Å². The Morgan fingerprint density at radius 3 is 1.48 bits per heavy atom. The summed E-state index contributed by atoms with van der Waals surface area (Å²) in [5.74, 6) is 0.104. The zero-order valence-corrected chi connectivity index (χ0v) is 21.7. The molecule has 2 aliphatic rings. The Morgan fingerprint density at radius 2 is 1.06 bits per heavy atom.